The molecule has 3 rings (SSSR count). The van der Waals surface area contributed by atoms with E-state index in [1.165, 1.54) is 11.8 Å². The van der Waals surface area contributed by atoms with Crippen molar-refractivity contribution in [3.8, 4) is 17.1 Å². The highest BCUT2D eigenvalue weighted by molar-refractivity contribution is 7.99. The summed E-state index contributed by atoms with van der Waals surface area (Å²) in [4.78, 5) is 12.6. The molecule has 2 aromatic heterocycles. The van der Waals surface area contributed by atoms with Gasteiger partial charge < -0.3 is 13.9 Å². The SMILES string of the molecule is CCn1c(SCC(=O)c2cc(C)n(C)c2C)nnc1-c1ccc(OC)cc1. The second-order valence-electron chi connectivity index (χ2n) is 6.33. The van der Waals surface area contributed by atoms with Gasteiger partial charge in [-0.1, -0.05) is 11.8 Å². The van der Waals surface area contributed by atoms with Crippen LogP contribution in [0.2, 0.25) is 0 Å². The second kappa shape index (κ2) is 8.00. The highest BCUT2D eigenvalue weighted by atomic mass is 32.2. The number of aryl methyl sites for hydroxylation is 1. The molecule has 142 valence electrons. The molecule has 0 bridgehead atoms. The molecule has 0 aliphatic rings. The molecule has 1 aromatic carbocycles. The summed E-state index contributed by atoms with van der Waals surface area (Å²) in [5.74, 6) is 2.04. The number of carbonyl (C=O) groups is 1. The Hall–Kier alpha value is -2.54. The van der Waals surface area contributed by atoms with E-state index in [1.54, 1.807) is 7.11 Å². The zero-order chi connectivity index (χ0) is 19.6. The van der Waals surface area contributed by atoms with Crippen LogP contribution < -0.4 is 4.74 Å². The van der Waals surface area contributed by atoms with Crippen LogP contribution in [0, 0.1) is 13.8 Å². The van der Waals surface area contributed by atoms with E-state index in [0.29, 0.717) is 5.75 Å². The zero-order valence-corrected chi connectivity index (χ0v) is 17.1. The number of rotatable bonds is 7. The maximum atomic E-state index is 12.6. The fourth-order valence-corrected chi connectivity index (χ4v) is 3.87. The average Bonchev–Trinajstić information content (AvgIpc) is 3.22. The molecule has 3 aromatic rings. The molecule has 0 aliphatic carbocycles. The van der Waals surface area contributed by atoms with Crippen LogP contribution in [0.25, 0.3) is 11.4 Å². The molecule has 0 radical (unpaired) electrons. The summed E-state index contributed by atoms with van der Waals surface area (Å²) in [5.41, 5.74) is 3.83. The number of carbonyl (C=O) groups excluding carboxylic acids is 1. The van der Waals surface area contributed by atoms with Gasteiger partial charge in [0, 0.05) is 36.1 Å². The third kappa shape index (κ3) is 3.78. The Morgan fingerprint density at radius 2 is 1.89 bits per heavy atom. The Balaban J connectivity index is 1.78. The first-order valence-corrected chi connectivity index (χ1v) is 9.81. The minimum Gasteiger partial charge on any atom is -0.497 e. The van der Waals surface area contributed by atoms with E-state index in [4.69, 9.17) is 4.74 Å². The van der Waals surface area contributed by atoms with Crippen LogP contribution in [-0.4, -0.2) is 38.0 Å². The predicted octanol–water partition coefficient (Wildman–Crippen LogP) is 3.90. The Labute approximate surface area is 163 Å². The van der Waals surface area contributed by atoms with Crippen molar-refractivity contribution in [3.05, 3.63) is 47.3 Å². The molecule has 2 heterocycles. The van der Waals surface area contributed by atoms with Gasteiger partial charge in [-0.3, -0.25) is 4.79 Å². The Morgan fingerprint density at radius 1 is 1.19 bits per heavy atom. The minimum absolute atomic E-state index is 0.109. The lowest BCUT2D eigenvalue weighted by molar-refractivity contribution is 0.102. The van der Waals surface area contributed by atoms with Crippen molar-refractivity contribution in [2.24, 2.45) is 7.05 Å². The van der Waals surface area contributed by atoms with Crippen molar-refractivity contribution in [1.29, 1.82) is 0 Å². The van der Waals surface area contributed by atoms with E-state index in [-0.39, 0.29) is 5.78 Å². The Kier molecular flexibility index (Phi) is 5.70. The third-order valence-corrected chi connectivity index (χ3v) is 5.76. The zero-order valence-electron chi connectivity index (χ0n) is 16.3. The van der Waals surface area contributed by atoms with Crippen LogP contribution in [0.4, 0.5) is 0 Å². The predicted molar refractivity (Wildman–Crippen MR) is 108 cm³/mol. The standard InChI is InChI=1S/C20H24N4O2S/c1-6-24-19(15-7-9-16(26-5)10-8-15)21-22-20(24)27-12-18(25)17-11-13(2)23(4)14(17)3/h7-11H,6,12H2,1-5H3. The lowest BCUT2D eigenvalue weighted by Gasteiger charge is -2.08. The largest absolute Gasteiger partial charge is 0.497 e. The Morgan fingerprint density at radius 3 is 2.44 bits per heavy atom. The minimum atomic E-state index is 0.109. The van der Waals surface area contributed by atoms with Gasteiger partial charge in [0.05, 0.1) is 12.9 Å². The van der Waals surface area contributed by atoms with E-state index in [1.807, 2.05) is 67.3 Å². The molecular formula is C20H24N4O2S. The van der Waals surface area contributed by atoms with Gasteiger partial charge in [0.2, 0.25) is 0 Å². The number of hydrogen-bond donors (Lipinski definition) is 0. The van der Waals surface area contributed by atoms with Gasteiger partial charge >= 0.3 is 0 Å². The molecule has 0 fully saturated rings. The summed E-state index contributed by atoms with van der Waals surface area (Å²) in [7, 11) is 3.62. The Bertz CT molecular complexity index is 957. The number of ketones is 1. The monoisotopic (exact) mass is 384 g/mol. The molecule has 27 heavy (non-hydrogen) atoms. The molecular weight excluding hydrogens is 360 g/mol. The molecule has 0 spiro atoms. The highest BCUT2D eigenvalue weighted by Crippen LogP contribution is 2.26. The van der Waals surface area contributed by atoms with Gasteiger partial charge in [-0.2, -0.15) is 0 Å². The van der Waals surface area contributed by atoms with E-state index in [9.17, 15) is 4.79 Å². The number of methoxy groups -OCH3 is 1. The van der Waals surface area contributed by atoms with Crippen molar-refractivity contribution >= 4 is 17.5 Å². The van der Waals surface area contributed by atoms with Crippen molar-refractivity contribution in [2.75, 3.05) is 12.9 Å². The van der Waals surface area contributed by atoms with Crippen LogP contribution in [0.15, 0.2) is 35.5 Å². The van der Waals surface area contributed by atoms with Crippen molar-refractivity contribution in [3.63, 3.8) is 0 Å². The molecule has 0 atom stereocenters. The number of thioether (sulfide) groups is 1. The maximum Gasteiger partial charge on any atom is 0.191 e. The summed E-state index contributed by atoms with van der Waals surface area (Å²) in [6.07, 6.45) is 0. The van der Waals surface area contributed by atoms with Gasteiger partial charge in [0.25, 0.3) is 0 Å². The lowest BCUT2D eigenvalue weighted by Crippen LogP contribution is -2.06. The number of hydrogen-bond acceptors (Lipinski definition) is 5. The van der Waals surface area contributed by atoms with Gasteiger partial charge in [0.1, 0.15) is 5.75 Å². The summed E-state index contributed by atoms with van der Waals surface area (Å²) in [5, 5.41) is 9.39. The quantitative estimate of drug-likeness (QED) is 0.457. The van der Waals surface area contributed by atoms with Gasteiger partial charge in [-0.15, -0.1) is 10.2 Å². The molecule has 7 heteroatoms. The van der Waals surface area contributed by atoms with Crippen LogP contribution >= 0.6 is 11.8 Å². The van der Waals surface area contributed by atoms with Crippen LogP contribution in [0.5, 0.6) is 5.75 Å². The van der Waals surface area contributed by atoms with E-state index in [2.05, 4.69) is 10.2 Å². The van der Waals surface area contributed by atoms with E-state index >= 15 is 0 Å². The molecule has 0 saturated carbocycles. The number of ether oxygens (including phenoxy) is 1. The molecule has 0 amide bonds. The average molecular weight is 385 g/mol. The highest BCUT2D eigenvalue weighted by Gasteiger charge is 2.18. The molecule has 0 saturated heterocycles. The van der Waals surface area contributed by atoms with Gasteiger partial charge in [0.15, 0.2) is 16.8 Å². The van der Waals surface area contributed by atoms with Gasteiger partial charge in [-0.05, 0) is 51.1 Å². The van der Waals surface area contributed by atoms with Crippen LogP contribution in [-0.2, 0) is 13.6 Å². The molecule has 0 aliphatic heterocycles. The first kappa shape index (κ1) is 19.2. The topological polar surface area (TPSA) is 61.9 Å². The number of nitrogens with zero attached hydrogens (tertiary/aromatic N) is 4. The summed E-state index contributed by atoms with van der Waals surface area (Å²) >= 11 is 1.43. The second-order valence-corrected chi connectivity index (χ2v) is 7.28. The third-order valence-electron chi connectivity index (χ3n) is 4.79. The van der Waals surface area contributed by atoms with Crippen molar-refractivity contribution < 1.29 is 9.53 Å². The first-order chi connectivity index (χ1) is 13.0. The number of aromatic nitrogens is 4. The number of Topliss-reactive ketones (excluding diaryl/α,β-unsaturated/α-hetero) is 1. The van der Waals surface area contributed by atoms with Crippen LogP contribution in [0.3, 0.4) is 0 Å². The molecule has 0 unspecified atom stereocenters. The van der Waals surface area contributed by atoms with E-state index in [0.717, 1.165) is 45.8 Å². The normalized spacial score (nSPS) is 11.0. The molecule has 6 nitrogen and oxygen atoms in total. The van der Waals surface area contributed by atoms with Gasteiger partial charge in [-0.25, -0.2) is 0 Å². The summed E-state index contributed by atoms with van der Waals surface area (Å²) < 4.78 is 9.27. The number of benzene rings is 1. The summed E-state index contributed by atoms with van der Waals surface area (Å²) in [6.45, 7) is 6.76. The first-order valence-electron chi connectivity index (χ1n) is 8.82. The smallest absolute Gasteiger partial charge is 0.191 e. The summed E-state index contributed by atoms with van der Waals surface area (Å²) in [6, 6.07) is 9.68. The van der Waals surface area contributed by atoms with Crippen molar-refractivity contribution in [2.45, 2.75) is 32.5 Å². The van der Waals surface area contributed by atoms with Crippen molar-refractivity contribution in [1.82, 2.24) is 19.3 Å². The fraction of sp³-hybridized carbons (Fsp3) is 0.350. The maximum absolute atomic E-state index is 12.6. The van der Waals surface area contributed by atoms with E-state index < -0.39 is 0 Å². The lowest BCUT2D eigenvalue weighted by atomic mass is 10.2. The fourth-order valence-electron chi connectivity index (χ4n) is 2.98. The molecule has 0 N–H and O–H groups in total. The van der Waals surface area contributed by atoms with Crippen LogP contribution in [0.1, 0.15) is 28.7 Å².